The Bertz CT molecular complexity index is 1150. The normalized spacial score (nSPS) is 11.0. The molecule has 144 valence electrons. The number of anilines is 1. The minimum Gasteiger partial charge on any atom is -0.478 e. The molecule has 0 fully saturated rings. The summed E-state index contributed by atoms with van der Waals surface area (Å²) in [5.41, 5.74) is 2.02. The lowest BCUT2D eigenvalue weighted by molar-refractivity contribution is -0.112. The average molecular weight is 407 g/mol. The summed E-state index contributed by atoms with van der Waals surface area (Å²) in [5, 5.41) is 21.6. The van der Waals surface area contributed by atoms with Crippen LogP contribution >= 0.6 is 11.6 Å². The molecule has 0 aliphatic rings. The molecule has 3 aromatic rings. The summed E-state index contributed by atoms with van der Waals surface area (Å²) in [5.74, 6) is -0.756. The number of furan rings is 1. The third kappa shape index (κ3) is 4.72. The first-order chi connectivity index (χ1) is 13.9. The van der Waals surface area contributed by atoms with Gasteiger partial charge in [0.15, 0.2) is 0 Å². The summed E-state index contributed by atoms with van der Waals surface area (Å²) < 4.78 is 5.73. The van der Waals surface area contributed by atoms with Crippen molar-refractivity contribution in [3.05, 3.63) is 82.1 Å². The molecule has 3 rings (SSSR count). The van der Waals surface area contributed by atoms with Gasteiger partial charge in [-0.25, -0.2) is 4.79 Å². The van der Waals surface area contributed by atoms with E-state index in [0.717, 1.165) is 11.1 Å². The van der Waals surface area contributed by atoms with Gasteiger partial charge >= 0.3 is 5.97 Å². The Morgan fingerprint density at radius 1 is 1.14 bits per heavy atom. The maximum Gasteiger partial charge on any atom is 0.335 e. The summed E-state index contributed by atoms with van der Waals surface area (Å²) in [6.07, 6.45) is 1.34. The Balaban J connectivity index is 1.82. The molecule has 0 aliphatic carbocycles. The van der Waals surface area contributed by atoms with Crippen LogP contribution in [0.2, 0.25) is 5.02 Å². The van der Waals surface area contributed by atoms with Gasteiger partial charge in [-0.2, -0.15) is 5.26 Å². The van der Waals surface area contributed by atoms with E-state index in [1.54, 1.807) is 55.5 Å². The van der Waals surface area contributed by atoms with Crippen molar-refractivity contribution in [2.75, 3.05) is 5.32 Å². The Hall–Kier alpha value is -3.82. The number of nitrogens with zero attached hydrogens (tertiary/aromatic N) is 1. The van der Waals surface area contributed by atoms with Crippen LogP contribution in [0.5, 0.6) is 0 Å². The molecule has 2 aromatic carbocycles. The Labute approximate surface area is 171 Å². The first kappa shape index (κ1) is 19.9. The molecule has 0 saturated heterocycles. The zero-order valence-corrected chi connectivity index (χ0v) is 16.0. The van der Waals surface area contributed by atoms with Gasteiger partial charge in [0.2, 0.25) is 0 Å². The smallest absolute Gasteiger partial charge is 0.335 e. The summed E-state index contributed by atoms with van der Waals surface area (Å²) in [7, 11) is 0. The topological polar surface area (TPSA) is 103 Å². The van der Waals surface area contributed by atoms with Crippen molar-refractivity contribution in [3.8, 4) is 17.4 Å². The van der Waals surface area contributed by atoms with E-state index in [1.165, 1.54) is 12.1 Å². The number of carbonyl (C=O) groups is 2. The first-order valence-electron chi connectivity index (χ1n) is 8.50. The van der Waals surface area contributed by atoms with Crippen LogP contribution in [0.4, 0.5) is 5.69 Å². The molecule has 7 heteroatoms. The van der Waals surface area contributed by atoms with Crippen LogP contribution in [0.3, 0.4) is 0 Å². The Morgan fingerprint density at radius 3 is 2.48 bits per heavy atom. The molecule has 1 amide bonds. The highest BCUT2D eigenvalue weighted by molar-refractivity contribution is 6.30. The van der Waals surface area contributed by atoms with Crippen LogP contribution in [-0.2, 0) is 4.79 Å². The van der Waals surface area contributed by atoms with Gasteiger partial charge < -0.3 is 14.8 Å². The fourth-order valence-corrected chi connectivity index (χ4v) is 2.80. The van der Waals surface area contributed by atoms with Gasteiger partial charge in [0.1, 0.15) is 23.2 Å². The summed E-state index contributed by atoms with van der Waals surface area (Å²) >= 11 is 5.82. The minimum atomic E-state index is -1.01. The number of carbonyl (C=O) groups excluding carboxylic acids is 1. The van der Waals surface area contributed by atoms with Gasteiger partial charge in [-0.3, -0.25) is 4.79 Å². The third-order valence-corrected chi connectivity index (χ3v) is 4.37. The van der Waals surface area contributed by atoms with Crippen LogP contribution < -0.4 is 5.32 Å². The third-order valence-electron chi connectivity index (χ3n) is 4.12. The zero-order valence-electron chi connectivity index (χ0n) is 15.3. The number of nitriles is 1. The van der Waals surface area contributed by atoms with Gasteiger partial charge in [-0.05, 0) is 61.0 Å². The highest BCUT2D eigenvalue weighted by Crippen LogP contribution is 2.27. The number of halogens is 1. The summed E-state index contributed by atoms with van der Waals surface area (Å²) in [6, 6.07) is 16.4. The molecule has 0 unspecified atom stereocenters. The first-order valence-corrected chi connectivity index (χ1v) is 8.88. The van der Waals surface area contributed by atoms with E-state index in [9.17, 15) is 14.9 Å². The van der Waals surface area contributed by atoms with Crippen molar-refractivity contribution < 1.29 is 19.1 Å². The fourth-order valence-electron chi connectivity index (χ4n) is 2.67. The minimum absolute atomic E-state index is 0.126. The van der Waals surface area contributed by atoms with Gasteiger partial charge in [-0.1, -0.05) is 17.7 Å². The van der Waals surface area contributed by atoms with Crippen LogP contribution in [0, 0.1) is 18.3 Å². The maximum atomic E-state index is 12.3. The highest BCUT2D eigenvalue weighted by Gasteiger charge is 2.13. The molecule has 0 atom stereocenters. The van der Waals surface area contributed by atoms with Crippen molar-refractivity contribution in [2.24, 2.45) is 0 Å². The predicted molar refractivity (Wildman–Crippen MR) is 110 cm³/mol. The molecule has 6 nitrogen and oxygen atoms in total. The van der Waals surface area contributed by atoms with Crippen LogP contribution in [0.25, 0.3) is 17.4 Å². The van der Waals surface area contributed by atoms with Gasteiger partial charge in [0.05, 0.1) is 5.56 Å². The molecule has 1 aromatic heterocycles. The second-order valence-electron chi connectivity index (χ2n) is 6.17. The standard InChI is InChI=1S/C22H15ClN2O4/c1-13-10-14(22(27)28)2-8-19(13)20-9-7-18(29-20)11-15(12-24)21(26)25-17-5-3-16(23)4-6-17/h2-11H,1H3,(H,25,26)(H,27,28)/b15-11+. The highest BCUT2D eigenvalue weighted by atomic mass is 35.5. The molecule has 0 aliphatic heterocycles. The Kier molecular flexibility index (Phi) is 5.82. The van der Waals surface area contributed by atoms with Gasteiger partial charge in [0.25, 0.3) is 5.91 Å². The number of rotatable bonds is 5. The lowest BCUT2D eigenvalue weighted by atomic mass is 10.0. The SMILES string of the molecule is Cc1cc(C(=O)O)ccc1-c1ccc(/C=C(\C#N)C(=O)Nc2ccc(Cl)cc2)o1. The molecular weight excluding hydrogens is 392 g/mol. The molecule has 0 bridgehead atoms. The van der Waals surface area contributed by atoms with Gasteiger partial charge in [-0.15, -0.1) is 0 Å². The zero-order chi connectivity index (χ0) is 21.0. The number of carboxylic acid groups (broad SMARTS) is 1. The van der Waals surface area contributed by atoms with Crippen LogP contribution in [-0.4, -0.2) is 17.0 Å². The fraction of sp³-hybridized carbons (Fsp3) is 0.0455. The summed E-state index contributed by atoms with van der Waals surface area (Å²) in [6.45, 7) is 1.78. The predicted octanol–water partition coefficient (Wildman–Crippen LogP) is 5.15. The molecule has 2 N–H and O–H groups in total. The number of benzene rings is 2. The quantitative estimate of drug-likeness (QED) is 0.450. The van der Waals surface area contributed by atoms with E-state index < -0.39 is 11.9 Å². The molecule has 0 saturated carbocycles. The van der Waals surface area contributed by atoms with Crippen LogP contribution in [0.15, 0.2) is 64.6 Å². The lowest BCUT2D eigenvalue weighted by Crippen LogP contribution is -2.13. The van der Waals surface area contributed by atoms with Crippen molar-refractivity contribution in [1.82, 2.24) is 0 Å². The Morgan fingerprint density at radius 2 is 1.86 bits per heavy atom. The number of nitrogens with one attached hydrogen (secondary N) is 1. The second kappa shape index (κ2) is 8.46. The number of hydrogen-bond acceptors (Lipinski definition) is 4. The number of amides is 1. The molecular formula is C22H15ClN2O4. The number of carboxylic acids is 1. The van der Waals surface area contributed by atoms with E-state index in [2.05, 4.69) is 5.32 Å². The van der Waals surface area contributed by atoms with E-state index in [-0.39, 0.29) is 11.1 Å². The van der Waals surface area contributed by atoms with Crippen molar-refractivity contribution in [1.29, 1.82) is 5.26 Å². The average Bonchev–Trinajstić information content (AvgIpc) is 3.16. The molecule has 1 heterocycles. The molecule has 0 spiro atoms. The monoisotopic (exact) mass is 406 g/mol. The van der Waals surface area contributed by atoms with E-state index >= 15 is 0 Å². The lowest BCUT2D eigenvalue weighted by Gasteiger charge is -2.04. The van der Waals surface area contributed by atoms with Crippen molar-refractivity contribution in [2.45, 2.75) is 6.92 Å². The number of aromatic carboxylic acids is 1. The molecule has 0 radical (unpaired) electrons. The summed E-state index contributed by atoms with van der Waals surface area (Å²) in [4.78, 5) is 23.4. The largest absolute Gasteiger partial charge is 0.478 e. The number of hydrogen-bond donors (Lipinski definition) is 2. The van der Waals surface area contributed by atoms with Crippen molar-refractivity contribution >= 4 is 35.2 Å². The van der Waals surface area contributed by atoms with Gasteiger partial charge in [0, 0.05) is 22.3 Å². The molecule has 29 heavy (non-hydrogen) atoms. The van der Waals surface area contributed by atoms with E-state index in [1.807, 2.05) is 6.07 Å². The van der Waals surface area contributed by atoms with Crippen molar-refractivity contribution in [3.63, 3.8) is 0 Å². The maximum absolute atomic E-state index is 12.3. The second-order valence-corrected chi connectivity index (χ2v) is 6.60. The number of aryl methyl sites for hydroxylation is 1. The van der Waals surface area contributed by atoms with Crippen LogP contribution in [0.1, 0.15) is 21.7 Å². The van der Waals surface area contributed by atoms with E-state index in [0.29, 0.717) is 22.2 Å². The van der Waals surface area contributed by atoms with E-state index in [4.69, 9.17) is 21.1 Å².